The van der Waals surface area contributed by atoms with Gasteiger partial charge in [-0.05, 0) is 40.0 Å². The van der Waals surface area contributed by atoms with E-state index >= 15 is 0 Å². The fourth-order valence-corrected chi connectivity index (χ4v) is 1.71. The van der Waals surface area contributed by atoms with Gasteiger partial charge < -0.3 is 15.2 Å². The molecule has 0 radical (unpaired) electrons. The van der Waals surface area contributed by atoms with E-state index in [2.05, 4.69) is 11.9 Å². The number of aliphatic hydroxyl groups excluding tert-OH is 1. The standard InChI is InChI=1S/C12H21NO3/c1-8-5-6-10(14)9(7-8)13-11(15)16-12(2,3)4/h9-10,14H,1,5-7H2,2-4H3,(H,13,15)/t9-,10-/m1/s1. The molecule has 0 aromatic carbocycles. The molecular weight excluding hydrogens is 206 g/mol. The molecule has 0 bridgehead atoms. The molecule has 0 aliphatic heterocycles. The lowest BCUT2D eigenvalue weighted by molar-refractivity contribution is 0.0393. The molecule has 0 saturated heterocycles. The second-order valence-corrected chi connectivity index (χ2v) is 5.31. The molecule has 4 nitrogen and oxygen atoms in total. The van der Waals surface area contributed by atoms with Crippen LogP contribution in [-0.4, -0.2) is 28.9 Å². The van der Waals surface area contributed by atoms with E-state index in [0.29, 0.717) is 12.8 Å². The van der Waals surface area contributed by atoms with E-state index in [1.165, 1.54) is 0 Å². The van der Waals surface area contributed by atoms with Gasteiger partial charge in [0.05, 0.1) is 12.1 Å². The predicted molar refractivity (Wildman–Crippen MR) is 62.2 cm³/mol. The Morgan fingerprint density at radius 1 is 1.56 bits per heavy atom. The number of nitrogens with one attached hydrogen (secondary N) is 1. The van der Waals surface area contributed by atoms with Crippen molar-refractivity contribution in [3.05, 3.63) is 12.2 Å². The average Bonchev–Trinajstić information content (AvgIpc) is 2.08. The summed E-state index contributed by atoms with van der Waals surface area (Å²) >= 11 is 0. The Bertz CT molecular complexity index is 280. The molecule has 1 aliphatic rings. The molecule has 2 atom stereocenters. The smallest absolute Gasteiger partial charge is 0.407 e. The largest absolute Gasteiger partial charge is 0.444 e. The second kappa shape index (κ2) is 4.87. The first kappa shape index (κ1) is 13.0. The highest BCUT2D eigenvalue weighted by molar-refractivity contribution is 5.68. The van der Waals surface area contributed by atoms with Gasteiger partial charge in [0.1, 0.15) is 5.60 Å². The summed E-state index contributed by atoms with van der Waals surface area (Å²) in [4.78, 5) is 11.5. The summed E-state index contributed by atoms with van der Waals surface area (Å²) in [6.07, 6.45) is 1.12. The van der Waals surface area contributed by atoms with Gasteiger partial charge >= 0.3 is 6.09 Å². The number of carbonyl (C=O) groups is 1. The van der Waals surface area contributed by atoms with Crippen LogP contribution >= 0.6 is 0 Å². The van der Waals surface area contributed by atoms with Crippen molar-refractivity contribution in [2.45, 2.75) is 57.8 Å². The molecule has 0 aromatic heterocycles. The average molecular weight is 227 g/mol. The molecule has 1 fully saturated rings. The molecule has 1 rings (SSSR count). The molecule has 16 heavy (non-hydrogen) atoms. The van der Waals surface area contributed by atoms with Crippen LogP contribution in [0.5, 0.6) is 0 Å². The Morgan fingerprint density at radius 3 is 2.75 bits per heavy atom. The molecule has 1 amide bonds. The second-order valence-electron chi connectivity index (χ2n) is 5.31. The normalized spacial score (nSPS) is 26.4. The van der Waals surface area contributed by atoms with Gasteiger partial charge in [-0.2, -0.15) is 0 Å². The molecule has 0 spiro atoms. The van der Waals surface area contributed by atoms with E-state index in [0.717, 1.165) is 12.0 Å². The number of ether oxygens (including phenoxy) is 1. The zero-order chi connectivity index (χ0) is 12.3. The molecule has 0 unspecified atom stereocenters. The van der Waals surface area contributed by atoms with E-state index in [-0.39, 0.29) is 6.04 Å². The summed E-state index contributed by atoms with van der Waals surface area (Å²) in [5, 5.41) is 12.4. The Hall–Kier alpha value is -1.03. The van der Waals surface area contributed by atoms with E-state index in [1.807, 2.05) is 20.8 Å². The van der Waals surface area contributed by atoms with Gasteiger partial charge in [0.25, 0.3) is 0 Å². The summed E-state index contributed by atoms with van der Waals surface area (Å²) in [7, 11) is 0. The topological polar surface area (TPSA) is 58.6 Å². The van der Waals surface area contributed by atoms with Crippen LogP contribution in [0.4, 0.5) is 4.79 Å². The fraction of sp³-hybridized carbons (Fsp3) is 0.750. The summed E-state index contributed by atoms with van der Waals surface area (Å²) in [5.41, 5.74) is 0.548. The summed E-state index contributed by atoms with van der Waals surface area (Å²) in [6.45, 7) is 9.30. The predicted octanol–water partition coefficient (Wildman–Crippen LogP) is 1.98. The lowest BCUT2D eigenvalue weighted by atomic mass is 9.89. The minimum Gasteiger partial charge on any atom is -0.444 e. The van der Waals surface area contributed by atoms with Crippen LogP contribution in [0, 0.1) is 0 Å². The van der Waals surface area contributed by atoms with Crippen LogP contribution in [-0.2, 0) is 4.74 Å². The van der Waals surface area contributed by atoms with Crippen molar-refractivity contribution in [1.82, 2.24) is 5.32 Å². The fourth-order valence-electron chi connectivity index (χ4n) is 1.71. The number of aliphatic hydroxyl groups is 1. The summed E-state index contributed by atoms with van der Waals surface area (Å²) in [5.74, 6) is 0. The van der Waals surface area contributed by atoms with Crippen molar-refractivity contribution < 1.29 is 14.6 Å². The van der Waals surface area contributed by atoms with E-state index in [1.54, 1.807) is 0 Å². The van der Waals surface area contributed by atoms with Crippen LogP contribution < -0.4 is 5.32 Å². The highest BCUT2D eigenvalue weighted by atomic mass is 16.6. The number of rotatable bonds is 1. The number of hydrogen-bond acceptors (Lipinski definition) is 3. The first-order valence-corrected chi connectivity index (χ1v) is 5.62. The van der Waals surface area contributed by atoms with Gasteiger partial charge in [-0.15, -0.1) is 0 Å². The molecule has 2 N–H and O–H groups in total. The van der Waals surface area contributed by atoms with Crippen LogP contribution in [0.2, 0.25) is 0 Å². The van der Waals surface area contributed by atoms with Crippen LogP contribution in [0.25, 0.3) is 0 Å². The van der Waals surface area contributed by atoms with Crippen molar-refractivity contribution in [2.24, 2.45) is 0 Å². The van der Waals surface area contributed by atoms with Gasteiger partial charge in [-0.3, -0.25) is 0 Å². The zero-order valence-corrected chi connectivity index (χ0v) is 10.2. The zero-order valence-electron chi connectivity index (χ0n) is 10.2. The Balaban J connectivity index is 2.46. The maximum absolute atomic E-state index is 11.5. The minimum atomic E-state index is -0.513. The van der Waals surface area contributed by atoms with Gasteiger partial charge in [0.15, 0.2) is 0 Å². The number of alkyl carbamates (subject to hydrolysis) is 1. The van der Waals surface area contributed by atoms with Crippen LogP contribution in [0.15, 0.2) is 12.2 Å². The van der Waals surface area contributed by atoms with Crippen LogP contribution in [0.3, 0.4) is 0 Å². The van der Waals surface area contributed by atoms with Crippen LogP contribution in [0.1, 0.15) is 40.0 Å². The molecular formula is C12H21NO3. The quantitative estimate of drug-likeness (QED) is 0.673. The lowest BCUT2D eigenvalue weighted by Crippen LogP contribution is -2.47. The highest BCUT2D eigenvalue weighted by Gasteiger charge is 2.28. The van der Waals surface area contributed by atoms with Gasteiger partial charge in [-0.25, -0.2) is 4.79 Å². The molecule has 92 valence electrons. The van der Waals surface area contributed by atoms with Gasteiger partial charge in [0.2, 0.25) is 0 Å². The van der Waals surface area contributed by atoms with E-state index in [4.69, 9.17) is 4.74 Å². The highest BCUT2D eigenvalue weighted by Crippen LogP contribution is 2.22. The maximum atomic E-state index is 11.5. The number of amides is 1. The summed E-state index contributed by atoms with van der Waals surface area (Å²) < 4.78 is 5.13. The molecule has 0 aromatic rings. The molecule has 1 saturated carbocycles. The Kier molecular flexibility index (Phi) is 3.97. The van der Waals surface area contributed by atoms with Gasteiger partial charge in [0, 0.05) is 0 Å². The lowest BCUT2D eigenvalue weighted by Gasteiger charge is -2.30. The molecule has 0 heterocycles. The Labute approximate surface area is 96.7 Å². The first-order chi connectivity index (χ1) is 7.28. The monoisotopic (exact) mass is 227 g/mol. The summed E-state index contributed by atoms with van der Waals surface area (Å²) in [6, 6.07) is -0.268. The third-order valence-corrected chi connectivity index (χ3v) is 2.47. The van der Waals surface area contributed by atoms with E-state index in [9.17, 15) is 9.90 Å². The third-order valence-electron chi connectivity index (χ3n) is 2.47. The minimum absolute atomic E-state index is 0.268. The maximum Gasteiger partial charge on any atom is 0.407 e. The Morgan fingerprint density at radius 2 is 2.19 bits per heavy atom. The molecule has 1 aliphatic carbocycles. The first-order valence-electron chi connectivity index (χ1n) is 5.62. The van der Waals surface area contributed by atoms with Gasteiger partial charge in [-0.1, -0.05) is 12.2 Å². The van der Waals surface area contributed by atoms with E-state index < -0.39 is 17.8 Å². The number of hydrogen-bond donors (Lipinski definition) is 2. The SMILES string of the molecule is C=C1CC[C@@H](O)[C@H](NC(=O)OC(C)(C)C)C1. The van der Waals surface area contributed by atoms with Crippen molar-refractivity contribution >= 4 is 6.09 Å². The van der Waals surface area contributed by atoms with Crippen molar-refractivity contribution in [3.8, 4) is 0 Å². The van der Waals surface area contributed by atoms with Crippen molar-refractivity contribution in [1.29, 1.82) is 0 Å². The van der Waals surface area contributed by atoms with Crippen molar-refractivity contribution in [2.75, 3.05) is 0 Å². The number of carbonyl (C=O) groups excluding carboxylic acids is 1. The van der Waals surface area contributed by atoms with Crippen molar-refractivity contribution in [3.63, 3.8) is 0 Å². The third kappa shape index (κ3) is 4.23. The molecule has 4 heteroatoms.